The first kappa shape index (κ1) is 16.0. The van der Waals surface area contributed by atoms with Gasteiger partial charge in [-0.15, -0.1) is 0 Å². The van der Waals surface area contributed by atoms with E-state index in [-0.39, 0.29) is 5.54 Å². The van der Waals surface area contributed by atoms with Crippen molar-refractivity contribution in [3.05, 3.63) is 0 Å². The third-order valence-electron chi connectivity index (χ3n) is 4.09. The van der Waals surface area contributed by atoms with Crippen LogP contribution in [0.3, 0.4) is 0 Å². The van der Waals surface area contributed by atoms with Crippen LogP contribution in [0.1, 0.15) is 59.3 Å². The van der Waals surface area contributed by atoms with Crippen LogP contribution in [0.15, 0.2) is 0 Å². The molecule has 0 atom stereocenters. The lowest BCUT2D eigenvalue weighted by molar-refractivity contribution is 0.119. The van der Waals surface area contributed by atoms with E-state index in [1.807, 2.05) is 0 Å². The van der Waals surface area contributed by atoms with Crippen LogP contribution in [0.4, 0.5) is 0 Å². The Labute approximate surface area is 113 Å². The lowest BCUT2D eigenvalue weighted by Gasteiger charge is -2.41. The van der Waals surface area contributed by atoms with Gasteiger partial charge in [-0.05, 0) is 20.3 Å². The summed E-state index contributed by atoms with van der Waals surface area (Å²) in [6, 6.07) is 0. The zero-order valence-corrected chi connectivity index (χ0v) is 13.1. The molecule has 0 aromatic heterocycles. The van der Waals surface area contributed by atoms with E-state index in [1.54, 1.807) is 0 Å². The molecule has 0 bridgehead atoms. The van der Waals surface area contributed by atoms with Crippen molar-refractivity contribution in [3.8, 4) is 0 Å². The lowest BCUT2D eigenvalue weighted by Crippen LogP contribution is -2.51. The Hall–Kier alpha value is -0.0900. The molecular formula is C14H29NO2S. The fourth-order valence-corrected chi connectivity index (χ4v) is 3.84. The van der Waals surface area contributed by atoms with Crippen LogP contribution in [0, 0.1) is 0 Å². The molecular weight excluding hydrogens is 246 g/mol. The van der Waals surface area contributed by atoms with Gasteiger partial charge in [0.05, 0.1) is 11.5 Å². The second-order valence-electron chi connectivity index (χ2n) is 6.12. The first-order valence-corrected chi connectivity index (χ1v) is 9.15. The van der Waals surface area contributed by atoms with Crippen molar-refractivity contribution < 1.29 is 8.42 Å². The Kier molecular flexibility index (Phi) is 6.12. The molecule has 1 rings (SSSR count). The SMILES string of the molecule is CCCCCCCC(C)(C)N1CCS(=O)(=O)CC1. The molecule has 1 aliphatic heterocycles. The second kappa shape index (κ2) is 6.90. The quantitative estimate of drug-likeness (QED) is 0.671. The van der Waals surface area contributed by atoms with Gasteiger partial charge in [-0.3, -0.25) is 4.90 Å². The largest absolute Gasteiger partial charge is 0.296 e. The predicted octanol–water partition coefficient (Wildman–Crippen LogP) is 2.86. The van der Waals surface area contributed by atoms with Gasteiger partial charge < -0.3 is 0 Å². The number of rotatable bonds is 7. The van der Waals surface area contributed by atoms with Crippen molar-refractivity contribution in [2.45, 2.75) is 64.8 Å². The number of hydrogen-bond acceptors (Lipinski definition) is 3. The van der Waals surface area contributed by atoms with E-state index >= 15 is 0 Å². The summed E-state index contributed by atoms with van der Waals surface area (Å²) in [6.45, 7) is 8.17. The second-order valence-corrected chi connectivity index (χ2v) is 8.42. The minimum atomic E-state index is -2.75. The van der Waals surface area contributed by atoms with E-state index in [4.69, 9.17) is 0 Å². The number of nitrogens with zero attached hydrogens (tertiary/aromatic N) is 1. The van der Waals surface area contributed by atoms with E-state index in [1.165, 1.54) is 38.5 Å². The van der Waals surface area contributed by atoms with Gasteiger partial charge in [-0.2, -0.15) is 0 Å². The molecule has 1 saturated heterocycles. The van der Waals surface area contributed by atoms with Crippen LogP contribution < -0.4 is 0 Å². The van der Waals surface area contributed by atoms with E-state index < -0.39 is 9.84 Å². The molecule has 0 radical (unpaired) electrons. The van der Waals surface area contributed by atoms with Crippen molar-refractivity contribution in [3.63, 3.8) is 0 Å². The molecule has 0 aliphatic carbocycles. The summed E-state index contributed by atoms with van der Waals surface area (Å²) in [5.41, 5.74) is 0.155. The lowest BCUT2D eigenvalue weighted by atomic mass is 9.94. The van der Waals surface area contributed by atoms with Crippen LogP contribution in [-0.4, -0.2) is 43.5 Å². The smallest absolute Gasteiger partial charge is 0.152 e. The van der Waals surface area contributed by atoms with E-state index in [0.717, 1.165) is 0 Å². The summed E-state index contributed by atoms with van der Waals surface area (Å²) >= 11 is 0. The minimum absolute atomic E-state index is 0.155. The Bertz CT molecular complexity index is 322. The van der Waals surface area contributed by atoms with Crippen LogP contribution >= 0.6 is 0 Å². The first-order chi connectivity index (χ1) is 8.37. The third-order valence-corrected chi connectivity index (χ3v) is 5.70. The Morgan fingerprint density at radius 3 is 2.11 bits per heavy atom. The molecule has 0 aromatic rings. The molecule has 3 nitrogen and oxygen atoms in total. The molecule has 1 heterocycles. The van der Waals surface area contributed by atoms with E-state index in [9.17, 15) is 8.42 Å². The summed E-state index contributed by atoms with van der Waals surface area (Å²) in [7, 11) is -2.75. The average molecular weight is 275 g/mol. The maximum Gasteiger partial charge on any atom is 0.152 e. The Morgan fingerprint density at radius 1 is 1.00 bits per heavy atom. The van der Waals surface area contributed by atoms with Crippen LogP contribution in [-0.2, 0) is 9.84 Å². The Balaban J connectivity index is 2.30. The molecule has 0 unspecified atom stereocenters. The van der Waals surface area contributed by atoms with Crippen molar-refractivity contribution in [2.24, 2.45) is 0 Å². The van der Waals surface area contributed by atoms with Crippen molar-refractivity contribution in [1.29, 1.82) is 0 Å². The topological polar surface area (TPSA) is 37.4 Å². The fraction of sp³-hybridized carbons (Fsp3) is 1.00. The molecule has 108 valence electrons. The predicted molar refractivity (Wildman–Crippen MR) is 77.7 cm³/mol. The third kappa shape index (κ3) is 5.27. The monoisotopic (exact) mass is 275 g/mol. The van der Waals surface area contributed by atoms with Crippen LogP contribution in [0.25, 0.3) is 0 Å². The number of hydrogen-bond donors (Lipinski definition) is 0. The molecule has 1 fully saturated rings. The summed E-state index contributed by atoms with van der Waals surface area (Å²) < 4.78 is 22.9. The zero-order chi connectivity index (χ0) is 13.6. The fourth-order valence-electron chi connectivity index (χ4n) is 2.64. The summed E-state index contributed by atoms with van der Waals surface area (Å²) in [5, 5.41) is 0. The number of sulfone groups is 1. The molecule has 18 heavy (non-hydrogen) atoms. The summed E-state index contributed by atoms with van der Waals surface area (Å²) in [4.78, 5) is 2.36. The first-order valence-electron chi connectivity index (χ1n) is 7.33. The molecule has 4 heteroatoms. The van der Waals surface area contributed by atoms with Gasteiger partial charge >= 0.3 is 0 Å². The van der Waals surface area contributed by atoms with Gasteiger partial charge in [-0.1, -0.05) is 39.0 Å². The minimum Gasteiger partial charge on any atom is -0.296 e. The van der Waals surface area contributed by atoms with Gasteiger partial charge in [0.15, 0.2) is 9.84 Å². The highest BCUT2D eigenvalue weighted by Gasteiger charge is 2.31. The highest BCUT2D eigenvalue weighted by atomic mass is 32.2. The van der Waals surface area contributed by atoms with E-state index in [0.29, 0.717) is 24.6 Å². The standard InChI is InChI=1S/C14H29NO2S/c1-4-5-6-7-8-9-14(2,3)15-10-12-18(16,17)13-11-15/h4-13H2,1-3H3. The van der Waals surface area contributed by atoms with E-state index in [2.05, 4.69) is 25.7 Å². The number of unbranched alkanes of at least 4 members (excludes halogenated alkanes) is 4. The highest BCUT2D eigenvalue weighted by molar-refractivity contribution is 7.91. The van der Waals surface area contributed by atoms with Gasteiger partial charge in [0.2, 0.25) is 0 Å². The Morgan fingerprint density at radius 2 is 1.56 bits per heavy atom. The average Bonchev–Trinajstić information content (AvgIpc) is 2.28. The molecule has 1 aliphatic rings. The molecule has 0 N–H and O–H groups in total. The van der Waals surface area contributed by atoms with Gasteiger partial charge in [0.1, 0.15) is 0 Å². The van der Waals surface area contributed by atoms with Gasteiger partial charge in [0, 0.05) is 18.6 Å². The highest BCUT2D eigenvalue weighted by Crippen LogP contribution is 2.24. The van der Waals surface area contributed by atoms with Crippen LogP contribution in [0.5, 0.6) is 0 Å². The van der Waals surface area contributed by atoms with Crippen molar-refractivity contribution >= 4 is 9.84 Å². The van der Waals surface area contributed by atoms with Gasteiger partial charge in [-0.25, -0.2) is 8.42 Å². The summed E-state index contributed by atoms with van der Waals surface area (Å²) in [6.07, 6.45) is 7.70. The van der Waals surface area contributed by atoms with Gasteiger partial charge in [0.25, 0.3) is 0 Å². The normalized spacial score (nSPS) is 21.1. The maximum atomic E-state index is 11.4. The summed E-state index contributed by atoms with van der Waals surface area (Å²) in [5.74, 6) is 0.679. The molecule has 0 saturated carbocycles. The molecule has 0 aromatic carbocycles. The molecule has 0 spiro atoms. The van der Waals surface area contributed by atoms with Crippen molar-refractivity contribution in [1.82, 2.24) is 4.90 Å². The molecule has 0 amide bonds. The zero-order valence-electron chi connectivity index (χ0n) is 12.2. The maximum absolute atomic E-state index is 11.4. The van der Waals surface area contributed by atoms with Crippen molar-refractivity contribution in [2.75, 3.05) is 24.6 Å². The van der Waals surface area contributed by atoms with Crippen LogP contribution in [0.2, 0.25) is 0 Å².